The highest BCUT2D eigenvalue weighted by Crippen LogP contribution is 2.22. The van der Waals surface area contributed by atoms with Crippen LogP contribution in [0.2, 0.25) is 0 Å². The average molecular weight is 228 g/mol. The highest BCUT2D eigenvalue weighted by Gasteiger charge is 2.25. The number of hydrogen-bond acceptors (Lipinski definition) is 4. The molecule has 0 rings (SSSR count). The van der Waals surface area contributed by atoms with Gasteiger partial charge >= 0.3 is 5.97 Å². The Morgan fingerprint density at radius 3 is 2.44 bits per heavy atom. The summed E-state index contributed by atoms with van der Waals surface area (Å²) in [5.41, 5.74) is -0.0188. The van der Waals surface area contributed by atoms with Crippen LogP contribution >= 0.6 is 0 Å². The van der Waals surface area contributed by atoms with E-state index in [9.17, 15) is 4.79 Å². The summed E-state index contributed by atoms with van der Waals surface area (Å²) < 4.78 is 5.14. The van der Waals surface area contributed by atoms with E-state index in [1.165, 1.54) is 6.92 Å². The van der Waals surface area contributed by atoms with E-state index >= 15 is 0 Å². The SMILES string of the molecule is C=C[C@](C)(CC[C@@H](OO)C(=C)C)OC(C)=O. The Morgan fingerprint density at radius 1 is 1.56 bits per heavy atom. The van der Waals surface area contributed by atoms with Gasteiger partial charge in [-0.1, -0.05) is 13.2 Å². The van der Waals surface area contributed by atoms with Crippen LogP contribution in [0.15, 0.2) is 24.8 Å². The molecule has 0 radical (unpaired) electrons. The van der Waals surface area contributed by atoms with Gasteiger partial charge in [0.1, 0.15) is 11.7 Å². The zero-order valence-electron chi connectivity index (χ0n) is 10.2. The monoisotopic (exact) mass is 228 g/mol. The molecular weight excluding hydrogens is 208 g/mol. The molecule has 0 aromatic heterocycles. The normalized spacial score (nSPS) is 16.0. The van der Waals surface area contributed by atoms with Gasteiger partial charge in [-0.3, -0.25) is 10.1 Å². The van der Waals surface area contributed by atoms with E-state index in [2.05, 4.69) is 18.0 Å². The Hall–Kier alpha value is -1.13. The molecule has 4 nitrogen and oxygen atoms in total. The molecule has 0 aromatic carbocycles. The van der Waals surface area contributed by atoms with Gasteiger partial charge in [-0.25, -0.2) is 4.89 Å². The first kappa shape index (κ1) is 14.9. The summed E-state index contributed by atoms with van der Waals surface area (Å²) in [7, 11) is 0. The van der Waals surface area contributed by atoms with Gasteiger partial charge < -0.3 is 4.74 Å². The minimum Gasteiger partial charge on any atom is -0.455 e. The molecular formula is C12H20O4. The lowest BCUT2D eigenvalue weighted by Gasteiger charge is -2.26. The number of carbonyl (C=O) groups excluding carboxylic acids is 1. The van der Waals surface area contributed by atoms with Crippen LogP contribution in [0.25, 0.3) is 0 Å². The Morgan fingerprint density at radius 2 is 2.12 bits per heavy atom. The maximum absolute atomic E-state index is 10.9. The van der Waals surface area contributed by atoms with Crippen LogP contribution in [0.1, 0.15) is 33.6 Å². The number of hydrogen-bond donors (Lipinski definition) is 1. The van der Waals surface area contributed by atoms with Crippen LogP contribution in [0.4, 0.5) is 0 Å². The van der Waals surface area contributed by atoms with Crippen molar-refractivity contribution in [2.24, 2.45) is 0 Å². The summed E-state index contributed by atoms with van der Waals surface area (Å²) in [6.07, 6.45) is 2.13. The second-order valence-corrected chi connectivity index (χ2v) is 4.09. The third kappa shape index (κ3) is 5.09. The lowest BCUT2D eigenvalue weighted by Crippen LogP contribution is -2.30. The molecule has 0 saturated heterocycles. The molecule has 0 aromatic rings. The average Bonchev–Trinajstić information content (AvgIpc) is 2.17. The Bertz CT molecular complexity index is 272. The predicted molar refractivity (Wildman–Crippen MR) is 61.9 cm³/mol. The van der Waals surface area contributed by atoms with Gasteiger partial charge in [-0.05, 0) is 38.3 Å². The molecule has 0 bridgehead atoms. The van der Waals surface area contributed by atoms with E-state index in [1.54, 1.807) is 19.9 Å². The Labute approximate surface area is 96.5 Å². The quantitative estimate of drug-likeness (QED) is 0.315. The van der Waals surface area contributed by atoms with Crippen LogP contribution in [0.5, 0.6) is 0 Å². The minimum atomic E-state index is -0.738. The highest BCUT2D eigenvalue weighted by molar-refractivity contribution is 5.66. The van der Waals surface area contributed by atoms with Gasteiger partial charge in [0, 0.05) is 6.92 Å². The largest absolute Gasteiger partial charge is 0.455 e. The third-order valence-electron chi connectivity index (χ3n) is 2.39. The van der Waals surface area contributed by atoms with Crippen LogP contribution in [-0.2, 0) is 14.4 Å². The summed E-state index contributed by atoms with van der Waals surface area (Å²) in [6.45, 7) is 12.2. The van der Waals surface area contributed by atoms with Crippen molar-refractivity contribution < 1.29 is 19.7 Å². The molecule has 0 unspecified atom stereocenters. The molecule has 0 spiro atoms. The van der Waals surface area contributed by atoms with Crippen LogP contribution < -0.4 is 0 Å². The number of ether oxygens (including phenoxy) is 1. The molecule has 92 valence electrons. The molecule has 16 heavy (non-hydrogen) atoms. The van der Waals surface area contributed by atoms with E-state index in [-0.39, 0.29) is 5.97 Å². The van der Waals surface area contributed by atoms with Crippen molar-refractivity contribution in [1.29, 1.82) is 0 Å². The fourth-order valence-electron chi connectivity index (χ4n) is 1.33. The van der Waals surface area contributed by atoms with Crippen molar-refractivity contribution in [2.45, 2.75) is 45.3 Å². The number of esters is 1. The van der Waals surface area contributed by atoms with Crippen molar-refractivity contribution in [2.75, 3.05) is 0 Å². The molecule has 0 aliphatic carbocycles. The standard InChI is InChI=1S/C12H20O4/c1-6-12(5,15-10(4)13)8-7-11(16-14)9(2)3/h6,11,14H,1-2,7-8H2,3-5H3/t11-,12-/m1/s1. The Kier molecular flexibility index (Phi) is 6.00. The summed E-state index contributed by atoms with van der Waals surface area (Å²) in [5.74, 6) is -0.362. The molecule has 4 heteroatoms. The van der Waals surface area contributed by atoms with Gasteiger partial charge in [0.05, 0.1) is 0 Å². The number of carbonyl (C=O) groups is 1. The summed E-state index contributed by atoms with van der Waals surface area (Å²) in [5, 5.41) is 8.65. The predicted octanol–water partition coefficient (Wildman–Crippen LogP) is 2.71. The second-order valence-electron chi connectivity index (χ2n) is 4.09. The molecule has 0 aliphatic heterocycles. The first-order valence-electron chi connectivity index (χ1n) is 5.13. The maximum Gasteiger partial charge on any atom is 0.303 e. The van der Waals surface area contributed by atoms with Crippen LogP contribution in [-0.4, -0.2) is 22.9 Å². The summed E-state index contributed by atoms with van der Waals surface area (Å²) in [6, 6.07) is 0. The zero-order valence-corrected chi connectivity index (χ0v) is 10.2. The first-order valence-corrected chi connectivity index (χ1v) is 5.13. The first-order chi connectivity index (χ1) is 7.34. The summed E-state index contributed by atoms with van der Waals surface area (Å²) >= 11 is 0. The molecule has 2 atom stereocenters. The van der Waals surface area contributed by atoms with Gasteiger partial charge in [0.15, 0.2) is 0 Å². The Balaban J connectivity index is 4.37. The lowest BCUT2D eigenvalue weighted by molar-refractivity contribution is -0.270. The third-order valence-corrected chi connectivity index (χ3v) is 2.39. The van der Waals surface area contributed by atoms with Crippen LogP contribution in [0, 0.1) is 0 Å². The van der Waals surface area contributed by atoms with E-state index in [4.69, 9.17) is 9.99 Å². The molecule has 0 saturated carbocycles. The smallest absolute Gasteiger partial charge is 0.303 e. The van der Waals surface area contributed by atoms with Crippen molar-refractivity contribution in [3.63, 3.8) is 0 Å². The van der Waals surface area contributed by atoms with Crippen molar-refractivity contribution in [3.05, 3.63) is 24.8 Å². The highest BCUT2D eigenvalue weighted by atomic mass is 17.1. The lowest BCUT2D eigenvalue weighted by atomic mass is 9.96. The van der Waals surface area contributed by atoms with Crippen molar-refractivity contribution in [3.8, 4) is 0 Å². The van der Waals surface area contributed by atoms with E-state index in [1.807, 2.05) is 0 Å². The maximum atomic E-state index is 10.9. The molecule has 0 fully saturated rings. The molecule has 0 heterocycles. The van der Waals surface area contributed by atoms with Gasteiger partial charge in [-0.2, -0.15) is 0 Å². The molecule has 1 N–H and O–H groups in total. The second kappa shape index (κ2) is 6.45. The zero-order chi connectivity index (χ0) is 12.8. The minimum absolute atomic E-state index is 0.362. The summed E-state index contributed by atoms with van der Waals surface area (Å²) in [4.78, 5) is 15.2. The number of rotatable bonds is 7. The van der Waals surface area contributed by atoms with E-state index < -0.39 is 11.7 Å². The van der Waals surface area contributed by atoms with Crippen molar-refractivity contribution >= 4 is 5.97 Å². The van der Waals surface area contributed by atoms with Crippen LogP contribution in [0.3, 0.4) is 0 Å². The van der Waals surface area contributed by atoms with Crippen molar-refractivity contribution in [1.82, 2.24) is 0 Å². The van der Waals surface area contributed by atoms with Gasteiger partial charge in [0.2, 0.25) is 0 Å². The topological polar surface area (TPSA) is 55.8 Å². The fourth-order valence-corrected chi connectivity index (χ4v) is 1.33. The van der Waals surface area contributed by atoms with Gasteiger partial charge in [-0.15, -0.1) is 0 Å². The van der Waals surface area contributed by atoms with E-state index in [0.29, 0.717) is 12.8 Å². The van der Waals surface area contributed by atoms with Gasteiger partial charge in [0.25, 0.3) is 0 Å². The van der Waals surface area contributed by atoms with E-state index in [0.717, 1.165) is 5.57 Å². The molecule has 0 amide bonds. The fraction of sp³-hybridized carbons (Fsp3) is 0.583. The molecule has 0 aliphatic rings.